The van der Waals surface area contributed by atoms with E-state index in [-0.39, 0.29) is 17.2 Å². The molecule has 0 bridgehead atoms. The first kappa shape index (κ1) is 19.5. The van der Waals surface area contributed by atoms with Crippen LogP contribution in [0.4, 0.5) is 5.69 Å². The molecule has 0 aliphatic carbocycles. The number of nitrogens with one attached hydrogen (secondary N) is 2. The normalized spacial score (nSPS) is 16.2. The Kier molecular flexibility index (Phi) is 5.94. The lowest BCUT2D eigenvalue weighted by atomic mass is 10.1. The van der Waals surface area contributed by atoms with Crippen molar-refractivity contribution >= 4 is 21.6 Å². The number of piperazine rings is 1. The molecule has 2 aromatic carbocycles. The molecular formula is C20H26N3O3S+. The van der Waals surface area contributed by atoms with Crippen molar-refractivity contribution in [1.82, 2.24) is 4.31 Å². The zero-order valence-electron chi connectivity index (χ0n) is 15.7. The quantitative estimate of drug-likeness (QED) is 0.792. The van der Waals surface area contributed by atoms with E-state index >= 15 is 0 Å². The molecule has 0 saturated carbocycles. The fourth-order valence-electron chi connectivity index (χ4n) is 3.15. The lowest BCUT2D eigenvalue weighted by Crippen LogP contribution is -3.12. The molecule has 1 amide bonds. The average molecular weight is 389 g/mol. The molecule has 1 fully saturated rings. The summed E-state index contributed by atoms with van der Waals surface area (Å²) in [4.78, 5) is 13.9. The van der Waals surface area contributed by atoms with Crippen molar-refractivity contribution in [2.75, 3.05) is 38.5 Å². The van der Waals surface area contributed by atoms with Gasteiger partial charge in [-0.05, 0) is 42.3 Å². The second kappa shape index (κ2) is 8.21. The first-order valence-electron chi connectivity index (χ1n) is 9.12. The third-order valence-corrected chi connectivity index (χ3v) is 6.88. The van der Waals surface area contributed by atoms with Gasteiger partial charge in [0, 0.05) is 5.69 Å². The Hall–Kier alpha value is -2.22. The Labute approximate surface area is 160 Å². The van der Waals surface area contributed by atoms with E-state index in [0.717, 1.165) is 24.2 Å². The fraction of sp³-hybridized carbons (Fsp3) is 0.350. The van der Waals surface area contributed by atoms with E-state index < -0.39 is 10.0 Å². The number of aryl methyl sites for hydroxylation is 1. The van der Waals surface area contributed by atoms with Crippen LogP contribution in [0.2, 0.25) is 0 Å². The summed E-state index contributed by atoms with van der Waals surface area (Å²) in [6, 6.07) is 14.2. The van der Waals surface area contributed by atoms with Gasteiger partial charge in [-0.25, -0.2) is 8.42 Å². The van der Waals surface area contributed by atoms with Crippen molar-refractivity contribution in [1.29, 1.82) is 0 Å². The summed E-state index contributed by atoms with van der Waals surface area (Å²) in [6.07, 6.45) is 0.288. The van der Waals surface area contributed by atoms with Crippen LogP contribution in [0.3, 0.4) is 0 Å². The van der Waals surface area contributed by atoms with Crippen LogP contribution < -0.4 is 10.2 Å². The van der Waals surface area contributed by atoms with Crippen LogP contribution in [-0.4, -0.2) is 51.9 Å². The lowest BCUT2D eigenvalue weighted by molar-refractivity contribution is -0.883. The predicted molar refractivity (Wildman–Crippen MR) is 105 cm³/mol. The average Bonchev–Trinajstić information content (AvgIpc) is 2.64. The standard InChI is InChI=1S/C20H25N3O3S/c1-16-5-3-4-6-17(16)15-20(24)21-18-7-9-19(10-8-18)27(25,26)23-13-11-22(2)12-14-23/h3-10H,11-15H2,1-2H3,(H,21,24)/p+1. The highest BCUT2D eigenvalue weighted by molar-refractivity contribution is 7.89. The van der Waals surface area contributed by atoms with E-state index in [2.05, 4.69) is 12.4 Å². The van der Waals surface area contributed by atoms with Crippen molar-refractivity contribution < 1.29 is 18.1 Å². The van der Waals surface area contributed by atoms with Gasteiger partial charge in [0.25, 0.3) is 0 Å². The van der Waals surface area contributed by atoms with Crippen molar-refractivity contribution in [2.45, 2.75) is 18.2 Å². The fourth-order valence-corrected chi connectivity index (χ4v) is 4.60. The third kappa shape index (κ3) is 4.74. The number of hydrogen-bond acceptors (Lipinski definition) is 3. The highest BCUT2D eigenvalue weighted by atomic mass is 32.2. The molecule has 2 aromatic rings. The predicted octanol–water partition coefficient (Wildman–Crippen LogP) is 0.695. The molecule has 1 aliphatic heterocycles. The Bertz CT molecular complexity index is 902. The monoisotopic (exact) mass is 388 g/mol. The number of carbonyl (C=O) groups excluding carboxylic acids is 1. The summed E-state index contributed by atoms with van der Waals surface area (Å²) in [7, 11) is -1.41. The Morgan fingerprint density at radius 2 is 1.70 bits per heavy atom. The molecule has 1 saturated heterocycles. The summed E-state index contributed by atoms with van der Waals surface area (Å²) < 4.78 is 27.0. The van der Waals surface area contributed by atoms with Gasteiger partial charge in [-0.1, -0.05) is 24.3 Å². The van der Waals surface area contributed by atoms with Crippen LogP contribution in [0.5, 0.6) is 0 Å². The SMILES string of the molecule is Cc1ccccc1CC(=O)Nc1ccc(S(=O)(=O)N2CC[NH+](C)CC2)cc1. The molecule has 0 unspecified atom stereocenters. The molecule has 144 valence electrons. The van der Waals surface area contributed by atoms with Crippen LogP contribution in [-0.2, 0) is 21.2 Å². The third-order valence-electron chi connectivity index (χ3n) is 4.96. The minimum Gasteiger partial charge on any atom is -0.335 e. The Morgan fingerprint density at radius 3 is 2.33 bits per heavy atom. The van der Waals surface area contributed by atoms with Gasteiger partial charge >= 0.3 is 0 Å². The summed E-state index contributed by atoms with van der Waals surface area (Å²) in [5.41, 5.74) is 2.64. The number of amides is 1. The van der Waals surface area contributed by atoms with Gasteiger partial charge in [0.15, 0.2) is 0 Å². The maximum Gasteiger partial charge on any atom is 0.243 e. The molecule has 0 spiro atoms. The Morgan fingerprint density at radius 1 is 1.07 bits per heavy atom. The largest absolute Gasteiger partial charge is 0.335 e. The van der Waals surface area contributed by atoms with Gasteiger partial charge in [-0.2, -0.15) is 4.31 Å². The maximum atomic E-state index is 12.7. The summed E-state index contributed by atoms with van der Waals surface area (Å²) in [6.45, 7) is 4.66. The minimum absolute atomic E-state index is 0.123. The Balaban J connectivity index is 1.65. The van der Waals surface area contributed by atoms with E-state index in [9.17, 15) is 13.2 Å². The number of carbonyl (C=O) groups is 1. The van der Waals surface area contributed by atoms with Gasteiger partial charge in [0.1, 0.15) is 0 Å². The number of nitrogens with zero attached hydrogens (tertiary/aromatic N) is 1. The van der Waals surface area contributed by atoms with Crippen LogP contribution in [0, 0.1) is 6.92 Å². The highest BCUT2D eigenvalue weighted by Crippen LogP contribution is 2.19. The maximum absolute atomic E-state index is 12.7. The molecule has 2 N–H and O–H groups in total. The van der Waals surface area contributed by atoms with E-state index in [1.54, 1.807) is 24.3 Å². The van der Waals surface area contributed by atoms with Gasteiger partial charge in [0.05, 0.1) is 44.5 Å². The number of sulfonamides is 1. The molecule has 0 radical (unpaired) electrons. The number of quaternary nitrogens is 1. The van der Waals surface area contributed by atoms with Crippen LogP contribution in [0.1, 0.15) is 11.1 Å². The summed E-state index contributed by atoms with van der Waals surface area (Å²) in [5.74, 6) is -0.123. The first-order valence-corrected chi connectivity index (χ1v) is 10.6. The zero-order valence-corrected chi connectivity index (χ0v) is 16.6. The molecule has 0 atom stereocenters. The van der Waals surface area contributed by atoms with Gasteiger partial charge < -0.3 is 10.2 Å². The van der Waals surface area contributed by atoms with Crippen LogP contribution >= 0.6 is 0 Å². The molecule has 7 heteroatoms. The van der Waals surface area contributed by atoms with Crippen molar-refractivity contribution in [2.24, 2.45) is 0 Å². The first-order chi connectivity index (χ1) is 12.9. The number of anilines is 1. The molecule has 1 aliphatic rings. The minimum atomic E-state index is -3.48. The van der Waals surface area contributed by atoms with Crippen LogP contribution in [0.25, 0.3) is 0 Å². The number of benzene rings is 2. The molecule has 0 aromatic heterocycles. The van der Waals surface area contributed by atoms with Crippen molar-refractivity contribution in [3.05, 3.63) is 59.7 Å². The topological polar surface area (TPSA) is 70.9 Å². The second-order valence-electron chi connectivity index (χ2n) is 7.04. The van der Waals surface area contributed by atoms with Crippen LogP contribution in [0.15, 0.2) is 53.4 Å². The van der Waals surface area contributed by atoms with E-state index in [4.69, 9.17) is 0 Å². The number of hydrogen-bond donors (Lipinski definition) is 2. The van der Waals surface area contributed by atoms with Crippen molar-refractivity contribution in [3.63, 3.8) is 0 Å². The molecule has 27 heavy (non-hydrogen) atoms. The second-order valence-corrected chi connectivity index (χ2v) is 8.97. The van der Waals surface area contributed by atoms with Gasteiger partial charge in [-0.15, -0.1) is 0 Å². The zero-order chi connectivity index (χ0) is 19.4. The molecule has 6 nitrogen and oxygen atoms in total. The van der Waals surface area contributed by atoms with Crippen molar-refractivity contribution in [3.8, 4) is 0 Å². The summed E-state index contributed by atoms with van der Waals surface area (Å²) in [5, 5.41) is 2.83. The van der Waals surface area contributed by atoms with E-state index in [0.29, 0.717) is 18.8 Å². The summed E-state index contributed by atoms with van der Waals surface area (Å²) >= 11 is 0. The van der Waals surface area contributed by atoms with Gasteiger partial charge in [-0.3, -0.25) is 4.79 Å². The highest BCUT2D eigenvalue weighted by Gasteiger charge is 2.28. The molecule has 3 rings (SSSR count). The van der Waals surface area contributed by atoms with E-state index in [1.807, 2.05) is 31.2 Å². The molecule has 1 heterocycles. The smallest absolute Gasteiger partial charge is 0.243 e. The number of likely N-dealkylation sites (N-methyl/N-ethyl adjacent to an activating group) is 1. The van der Waals surface area contributed by atoms with Gasteiger partial charge in [0.2, 0.25) is 15.9 Å². The molecular weight excluding hydrogens is 362 g/mol. The lowest BCUT2D eigenvalue weighted by Gasteiger charge is -2.29. The number of rotatable bonds is 5. The van der Waals surface area contributed by atoms with E-state index in [1.165, 1.54) is 9.21 Å².